The smallest absolute Gasteiger partial charge is 0.187 e. The van der Waals surface area contributed by atoms with Gasteiger partial charge in [0.1, 0.15) is 0 Å². The van der Waals surface area contributed by atoms with E-state index in [-0.39, 0.29) is 0 Å². The van der Waals surface area contributed by atoms with Gasteiger partial charge < -0.3 is 0 Å². The Morgan fingerprint density at radius 1 is 1.58 bits per heavy atom. The van der Waals surface area contributed by atoms with E-state index in [2.05, 4.69) is 23.5 Å². The van der Waals surface area contributed by atoms with E-state index in [1.54, 1.807) is 24.2 Å². The van der Waals surface area contributed by atoms with E-state index in [0.717, 1.165) is 10.9 Å². The minimum absolute atomic E-state index is 0.513. The van der Waals surface area contributed by atoms with Crippen LogP contribution < -0.4 is 0 Å². The second kappa shape index (κ2) is 4.93. The maximum Gasteiger partial charge on any atom is 0.187 e. The third-order valence-corrected chi connectivity index (χ3v) is 2.58. The first-order chi connectivity index (χ1) is 5.83. The lowest BCUT2D eigenvalue weighted by molar-refractivity contribution is 0.843. The molecule has 0 spiro atoms. The number of allylic oxidation sites excluding steroid dienone is 1. The summed E-state index contributed by atoms with van der Waals surface area (Å²) in [6, 6.07) is 1.82. The van der Waals surface area contributed by atoms with E-state index in [0.29, 0.717) is 5.92 Å². The Kier molecular flexibility index (Phi) is 3.80. The lowest BCUT2D eigenvalue weighted by Crippen LogP contribution is -1.94. The van der Waals surface area contributed by atoms with Gasteiger partial charge in [0.05, 0.1) is 0 Å². The molecule has 0 amide bonds. The van der Waals surface area contributed by atoms with Crippen LogP contribution in [0.4, 0.5) is 0 Å². The molecular weight excluding hydrogens is 168 g/mol. The Balaban J connectivity index is 2.38. The summed E-state index contributed by atoms with van der Waals surface area (Å²) >= 11 is 1.66. The van der Waals surface area contributed by atoms with Crippen LogP contribution in [-0.4, -0.2) is 15.7 Å². The molecule has 0 aromatic carbocycles. The van der Waals surface area contributed by atoms with Crippen molar-refractivity contribution in [3.8, 4) is 0 Å². The molecule has 3 heteroatoms. The van der Waals surface area contributed by atoms with Crippen LogP contribution in [0.1, 0.15) is 6.92 Å². The number of thioether (sulfide) groups is 1. The molecule has 0 saturated carbocycles. The van der Waals surface area contributed by atoms with Crippen molar-refractivity contribution < 1.29 is 0 Å². The van der Waals surface area contributed by atoms with E-state index in [1.807, 2.05) is 12.1 Å². The summed E-state index contributed by atoms with van der Waals surface area (Å²) in [5.41, 5.74) is 0. The van der Waals surface area contributed by atoms with E-state index < -0.39 is 0 Å². The van der Waals surface area contributed by atoms with Gasteiger partial charge >= 0.3 is 0 Å². The summed E-state index contributed by atoms with van der Waals surface area (Å²) < 4.78 is 0. The van der Waals surface area contributed by atoms with Crippen LogP contribution in [0.5, 0.6) is 0 Å². The van der Waals surface area contributed by atoms with Crippen LogP contribution in [0.15, 0.2) is 36.3 Å². The maximum atomic E-state index is 4.10. The molecular formula is C9H12N2S. The largest absolute Gasteiger partial charge is 0.231 e. The third kappa shape index (κ3) is 3.05. The Hall–Kier alpha value is -0.830. The minimum Gasteiger partial charge on any atom is -0.231 e. The van der Waals surface area contributed by atoms with Gasteiger partial charge in [-0.25, -0.2) is 9.97 Å². The molecule has 0 saturated heterocycles. The van der Waals surface area contributed by atoms with Gasteiger partial charge in [0.15, 0.2) is 5.16 Å². The maximum absolute atomic E-state index is 4.10. The van der Waals surface area contributed by atoms with Gasteiger partial charge in [0.25, 0.3) is 0 Å². The molecule has 0 fully saturated rings. The molecule has 1 atom stereocenters. The molecule has 1 rings (SSSR count). The number of rotatable bonds is 4. The van der Waals surface area contributed by atoms with Crippen molar-refractivity contribution >= 4 is 11.8 Å². The Bertz CT molecular complexity index is 236. The Labute approximate surface area is 77.1 Å². The van der Waals surface area contributed by atoms with Crippen LogP contribution in [0, 0.1) is 5.92 Å². The van der Waals surface area contributed by atoms with Crippen molar-refractivity contribution in [1.29, 1.82) is 0 Å². The highest BCUT2D eigenvalue weighted by Crippen LogP contribution is 2.15. The molecule has 1 heterocycles. The van der Waals surface area contributed by atoms with Crippen molar-refractivity contribution in [2.45, 2.75) is 12.1 Å². The topological polar surface area (TPSA) is 25.8 Å². The van der Waals surface area contributed by atoms with Crippen molar-refractivity contribution in [1.82, 2.24) is 9.97 Å². The number of hydrogen-bond donors (Lipinski definition) is 0. The summed E-state index contributed by atoms with van der Waals surface area (Å²) in [5, 5.41) is 0.839. The highest BCUT2D eigenvalue weighted by Gasteiger charge is 1.99. The molecule has 0 aliphatic carbocycles. The molecule has 0 N–H and O–H groups in total. The van der Waals surface area contributed by atoms with Gasteiger partial charge in [0, 0.05) is 18.1 Å². The van der Waals surface area contributed by atoms with E-state index in [1.165, 1.54) is 0 Å². The molecule has 0 bridgehead atoms. The molecule has 0 radical (unpaired) electrons. The zero-order valence-corrected chi connectivity index (χ0v) is 7.92. The van der Waals surface area contributed by atoms with Crippen LogP contribution in [0.3, 0.4) is 0 Å². The molecule has 12 heavy (non-hydrogen) atoms. The van der Waals surface area contributed by atoms with Crippen LogP contribution in [-0.2, 0) is 0 Å². The molecule has 1 aromatic rings. The van der Waals surface area contributed by atoms with Crippen molar-refractivity contribution in [2.75, 3.05) is 5.75 Å². The monoisotopic (exact) mass is 180 g/mol. The van der Waals surface area contributed by atoms with Gasteiger partial charge in [-0.2, -0.15) is 0 Å². The van der Waals surface area contributed by atoms with Gasteiger partial charge in [-0.3, -0.25) is 0 Å². The quantitative estimate of drug-likeness (QED) is 0.404. The summed E-state index contributed by atoms with van der Waals surface area (Å²) in [4.78, 5) is 8.21. The predicted molar refractivity (Wildman–Crippen MR) is 52.1 cm³/mol. The molecule has 0 unspecified atom stereocenters. The Morgan fingerprint density at radius 2 is 2.25 bits per heavy atom. The van der Waals surface area contributed by atoms with Crippen molar-refractivity contribution in [2.24, 2.45) is 5.92 Å². The third-order valence-electron chi connectivity index (χ3n) is 1.42. The van der Waals surface area contributed by atoms with Gasteiger partial charge in [0.2, 0.25) is 0 Å². The second-order valence-corrected chi connectivity index (χ2v) is 3.54. The first kappa shape index (κ1) is 9.26. The molecule has 64 valence electrons. The van der Waals surface area contributed by atoms with Crippen LogP contribution in [0.25, 0.3) is 0 Å². The Morgan fingerprint density at radius 3 is 2.83 bits per heavy atom. The number of hydrogen-bond acceptors (Lipinski definition) is 3. The normalized spacial score (nSPS) is 12.4. The summed E-state index contributed by atoms with van der Waals surface area (Å²) in [7, 11) is 0. The SMILES string of the molecule is C=C[C@@H](C)CSc1ncccn1. The minimum atomic E-state index is 0.513. The fraction of sp³-hybridized carbons (Fsp3) is 0.333. The highest BCUT2D eigenvalue weighted by molar-refractivity contribution is 7.99. The second-order valence-electron chi connectivity index (χ2n) is 2.56. The standard InChI is InChI=1S/C9H12N2S/c1-3-8(2)7-12-9-10-5-4-6-11-9/h3-6,8H,1,7H2,2H3/t8-/m1/s1. The summed E-state index contributed by atoms with van der Waals surface area (Å²) in [6.07, 6.45) is 5.46. The van der Waals surface area contributed by atoms with Crippen molar-refractivity contribution in [3.63, 3.8) is 0 Å². The number of nitrogens with zero attached hydrogens (tertiary/aromatic N) is 2. The van der Waals surface area contributed by atoms with Gasteiger partial charge in [-0.15, -0.1) is 6.58 Å². The fourth-order valence-corrected chi connectivity index (χ4v) is 1.45. The summed E-state index contributed by atoms with van der Waals surface area (Å²) in [5.74, 6) is 1.51. The van der Waals surface area contributed by atoms with E-state index >= 15 is 0 Å². The lowest BCUT2D eigenvalue weighted by atomic mass is 10.2. The molecule has 0 aliphatic heterocycles. The molecule has 1 aromatic heterocycles. The zero-order chi connectivity index (χ0) is 8.81. The first-order valence-corrected chi connectivity index (χ1v) is 4.84. The first-order valence-electron chi connectivity index (χ1n) is 3.85. The molecule has 0 aliphatic rings. The average molecular weight is 180 g/mol. The number of aromatic nitrogens is 2. The zero-order valence-electron chi connectivity index (χ0n) is 7.10. The molecule has 2 nitrogen and oxygen atoms in total. The van der Waals surface area contributed by atoms with E-state index in [4.69, 9.17) is 0 Å². The van der Waals surface area contributed by atoms with Crippen molar-refractivity contribution in [3.05, 3.63) is 31.1 Å². The average Bonchev–Trinajstić information content (AvgIpc) is 2.16. The predicted octanol–water partition coefficient (Wildman–Crippen LogP) is 2.39. The van der Waals surface area contributed by atoms with Gasteiger partial charge in [-0.1, -0.05) is 24.8 Å². The highest BCUT2D eigenvalue weighted by atomic mass is 32.2. The fourth-order valence-electron chi connectivity index (χ4n) is 0.634. The summed E-state index contributed by atoms with van der Waals surface area (Å²) in [6.45, 7) is 5.85. The lowest BCUT2D eigenvalue weighted by Gasteiger charge is -2.02. The van der Waals surface area contributed by atoms with E-state index in [9.17, 15) is 0 Å². The van der Waals surface area contributed by atoms with Gasteiger partial charge in [-0.05, 0) is 12.0 Å². The van der Waals surface area contributed by atoms with Crippen LogP contribution >= 0.6 is 11.8 Å². The van der Waals surface area contributed by atoms with Crippen LogP contribution in [0.2, 0.25) is 0 Å².